The van der Waals surface area contributed by atoms with E-state index in [1.165, 1.54) is 6.92 Å². The van der Waals surface area contributed by atoms with Crippen LogP contribution in [0.2, 0.25) is 0 Å². The summed E-state index contributed by atoms with van der Waals surface area (Å²) in [5.74, 6) is -0.0833. The Morgan fingerprint density at radius 3 is 2.52 bits per heavy atom. The predicted octanol–water partition coefficient (Wildman–Crippen LogP) is 2.60. The Morgan fingerprint density at radius 2 is 1.95 bits per heavy atom. The van der Waals surface area contributed by atoms with E-state index in [0.29, 0.717) is 6.54 Å². The number of amides is 2. The fourth-order valence-corrected chi connectivity index (χ4v) is 2.11. The number of rotatable bonds is 7. The SMILES string of the molecule is CCCCN(C)C(=O)CN(Cc1cccc(C)c1)C(C)=O. The molecule has 0 heterocycles. The van der Waals surface area contributed by atoms with Gasteiger partial charge in [-0.05, 0) is 18.9 Å². The van der Waals surface area contributed by atoms with Gasteiger partial charge in [0.25, 0.3) is 0 Å². The van der Waals surface area contributed by atoms with Crippen LogP contribution in [0.5, 0.6) is 0 Å². The maximum absolute atomic E-state index is 12.2. The molecule has 0 aliphatic heterocycles. The molecule has 0 bridgehead atoms. The van der Waals surface area contributed by atoms with Crippen molar-refractivity contribution in [2.75, 3.05) is 20.1 Å². The van der Waals surface area contributed by atoms with Crippen molar-refractivity contribution in [1.82, 2.24) is 9.80 Å². The van der Waals surface area contributed by atoms with Crippen molar-refractivity contribution in [3.8, 4) is 0 Å². The average molecular weight is 290 g/mol. The summed E-state index contributed by atoms with van der Waals surface area (Å²) in [5.41, 5.74) is 2.21. The van der Waals surface area contributed by atoms with Crippen molar-refractivity contribution in [2.24, 2.45) is 0 Å². The lowest BCUT2D eigenvalue weighted by Gasteiger charge is -2.24. The van der Waals surface area contributed by atoms with Crippen LogP contribution in [0, 0.1) is 6.92 Å². The molecule has 0 aromatic heterocycles. The highest BCUT2D eigenvalue weighted by Gasteiger charge is 2.16. The van der Waals surface area contributed by atoms with E-state index in [4.69, 9.17) is 0 Å². The molecule has 21 heavy (non-hydrogen) atoms. The predicted molar refractivity (Wildman–Crippen MR) is 84.8 cm³/mol. The maximum atomic E-state index is 12.2. The second kappa shape index (κ2) is 8.45. The van der Waals surface area contributed by atoms with Crippen molar-refractivity contribution in [2.45, 2.75) is 40.2 Å². The molecular weight excluding hydrogens is 264 g/mol. The molecule has 4 nitrogen and oxygen atoms in total. The molecule has 4 heteroatoms. The topological polar surface area (TPSA) is 40.6 Å². The van der Waals surface area contributed by atoms with Gasteiger partial charge in [0.1, 0.15) is 6.54 Å². The maximum Gasteiger partial charge on any atom is 0.241 e. The van der Waals surface area contributed by atoms with Crippen LogP contribution >= 0.6 is 0 Å². The minimum Gasteiger partial charge on any atom is -0.344 e. The van der Waals surface area contributed by atoms with E-state index in [0.717, 1.165) is 30.5 Å². The second-order valence-electron chi connectivity index (χ2n) is 5.53. The van der Waals surface area contributed by atoms with Crippen LogP contribution in [0.15, 0.2) is 24.3 Å². The van der Waals surface area contributed by atoms with Gasteiger partial charge in [0.15, 0.2) is 0 Å². The zero-order valence-electron chi connectivity index (χ0n) is 13.6. The van der Waals surface area contributed by atoms with Crippen molar-refractivity contribution >= 4 is 11.8 Å². The summed E-state index contributed by atoms with van der Waals surface area (Å²) in [6, 6.07) is 8.01. The molecule has 0 aliphatic rings. The normalized spacial score (nSPS) is 10.3. The van der Waals surface area contributed by atoms with E-state index >= 15 is 0 Å². The largest absolute Gasteiger partial charge is 0.344 e. The Balaban J connectivity index is 2.65. The third-order valence-electron chi connectivity index (χ3n) is 3.50. The number of aryl methyl sites for hydroxylation is 1. The number of hydrogen-bond donors (Lipinski definition) is 0. The summed E-state index contributed by atoms with van der Waals surface area (Å²) in [4.78, 5) is 27.2. The van der Waals surface area contributed by atoms with E-state index in [-0.39, 0.29) is 18.4 Å². The standard InChI is InChI=1S/C17H26N2O2/c1-5-6-10-18(4)17(21)13-19(15(3)20)12-16-9-7-8-14(2)11-16/h7-9,11H,5-6,10,12-13H2,1-4H3. The number of hydrogen-bond acceptors (Lipinski definition) is 2. The third kappa shape index (κ3) is 5.98. The number of benzene rings is 1. The first-order chi connectivity index (χ1) is 9.93. The number of unbranched alkanes of at least 4 members (excludes halogenated alkanes) is 1. The van der Waals surface area contributed by atoms with Gasteiger partial charge in [-0.25, -0.2) is 0 Å². The molecule has 0 radical (unpaired) electrons. The number of nitrogens with zero attached hydrogens (tertiary/aromatic N) is 2. The zero-order chi connectivity index (χ0) is 15.8. The van der Waals surface area contributed by atoms with Gasteiger partial charge in [-0.1, -0.05) is 43.2 Å². The van der Waals surface area contributed by atoms with Gasteiger partial charge in [-0.2, -0.15) is 0 Å². The molecule has 0 aliphatic carbocycles. The Kier molecular flexibility index (Phi) is 6.92. The van der Waals surface area contributed by atoms with E-state index in [1.807, 2.05) is 31.2 Å². The fourth-order valence-electron chi connectivity index (χ4n) is 2.11. The van der Waals surface area contributed by atoms with E-state index in [9.17, 15) is 9.59 Å². The van der Waals surface area contributed by atoms with Crippen LogP contribution in [-0.4, -0.2) is 41.8 Å². The van der Waals surface area contributed by atoms with Gasteiger partial charge >= 0.3 is 0 Å². The lowest BCUT2D eigenvalue weighted by Crippen LogP contribution is -2.40. The lowest BCUT2D eigenvalue weighted by molar-refractivity contribution is -0.139. The molecule has 0 saturated carbocycles. The van der Waals surface area contributed by atoms with Gasteiger partial charge in [-0.15, -0.1) is 0 Å². The Hall–Kier alpha value is -1.84. The number of carbonyl (C=O) groups excluding carboxylic acids is 2. The molecule has 116 valence electrons. The quantitative estimate of drug-likeness (QED) is 0.774. The van der Waals surface area contributed by atoms with E-state index < -0.39 is 0 Å². The van der Waals surface area contributed by atoms with Gasteiger partial charge in [-0.3, -0.25) is 9.59 Å². The van der Waals surface area contributed by atoms with Crippen LogP contribution in [-0.2, 0) is 16.1 Å². The fraction of sp³-hybridized carbons (Fsp3) is 0.529. The van der Waals surface area contributed by atoms with E-state index in [2.05, 4.69) is 6.92 Å². The molecule has 0 saturated heterocycles. The first kappa shape index (κ1) is 17.2. The monoisotopic (exact) mass is 290 g/mol. The summed E-state index contributed by atoms with van der Waals surface area (Å²) in [6.07, 6.45) is 2.04. The summed E-state index contributed by atoms with van der Waals surface area (Å²) < 4.78 is 0. The summed E-state index contributed by atoms with van der Waals surface area (Å²) in [6.45, 7) is 6.98. The first-order valence-electron chi connectivity index (χ1n) is 7.49. The Morgan fingerprint density at radius 1 is 1.24 bits per heavy atom. The number of carbonyl (C=O) groups is 2. The van der Waals surface area contributed by atoms with Crippen molar-refractivity contribution in [1.29, 1.82) is 0 Å². The van der Waals surface area contributed by atoms with Crippen molar-refractivity contribution in [3.63, 3.8) is 0 Å². The van der Waals surface area contributed by atoms with Crippen LogP contribution in [0.4, 0.5) is 0 Å². The number of likely N-dealkylation sites (N-methyl/N-ethyl adjacent to an activating group) is 1. The van der Waals surface area contributed by atoms with Crippen molar-refractivity contribution in [3.05, 3.63) is 35.4 Å². The highest BCUT2D eigenvalue weighted by Crippen LogP contribution is 2.08. The zero-order valence-corrected chi connectivity index (χ0v) is 13.6. The van der Waals surface area contributed by atoms with Crippen molar-refractivity contribution < 1.29 is 9.59 Å². The molecule has 2 amide bonds. The summed E-state index contributed by atoms with van der Waals surface area (Å²) in [5, 5.41) is 0. The molecule has 1 aromatic rings. The van der Waals surface area contributed by atoms with Crippen LogP contribution in [0.1, 0.15) is 37.8 Å². The van der Waals surface area contributed by atoms with Crippen LogP contribution < -0.4 is 0 Å². The lowest BCUT2D eigenvalue weighted by atomic mass is 10.1. The summed E-state index contributed by atoms with van der Waals surface area (Å²) >= 11 is 0. The second-order valence-corrected chi connectivity index (χ2v) is 5.53. The third-order valence-corrected chi connectivity index (χ3v) is 3.50. The average Bonchev–Trinajstić information content (AvgIpc) is 2.43. The van der Waals surface area contributed by atoms with Gasteiger partial charge in [0.2, 0.25) is 11.8 Å². The van der Waals surface area contributed by atoms with Gasteiger partial charge in [0.05, 0.1) is 0 Å². The Bertz CT molecular complexity index is 485. The molecule has 0 unspecified atom stereocenters. The van der Waals surface area contributed by atoms with Gasteiger partial charge in [0, 0.05) is 27.1 Å². The van der Waals surface area contributed by atoms with E-state index in [1.54, 1.807) is 16.8 Å². The minimum atomic E-state index is -0.0752. The molecule has 1 rings (SSSR count). The molecule has 1 aromatic carbocycles. The first-order valence-corrected chi connectivity index (χ1v) is 7.49. The molecular formula is C17H26N2O2. The molecule has 0 atom stereocenters. The molecule has 0 fully saturated rings. The smallest absolute Gasteiger partial charge is 0.241 e. The minimum absolute atomic E-state index is 0.00805. The molecule has 0 spiro atoms. The highest BCUT2D eigenvalue weighted by atomic mass is 16.2. The van der Waals surface area contributed by atoms with Crippen LogP contribution in [0.3, 0.4) is 0 Å². The summed E-state index contributed by atoms with van der Waals surface area (Å²) in [7, 11) is 1.79. The Labute approximate surface area is 127 Å². The highest BCUT2D eigenvalue weighted by molar-refractivity contribution is 5.83. The van der Waals surface area contributed by atoms with Gasteiger partial charge < -0.3 is 9.80 Å². The van der Waals surface area contributed by atoms with Crippen LogP contribution in [0.25, 0.3) is 0 Å². The molecule has 0 N–H and O–H groups in total.